The lowest BCUT2D eigenvalue weighted by molar-refractivity contribution is 0.162. The van der Waals surface area contributed by atoms with Gasteiger partial charge in [0.15, 0.2) is 0 Å². The second kappa shape index (κ2) is 4.80. The van der Waals surface area contributed by atoms with Crippen molar-refractivity contribution in [1.82, 2.24) is 5.32 Å². The van der Waals surface area contributed by atoms with Gasteiger partial charge in [0, 0.05) is 10.9 Å². The van der Waals surface area contributed by atoms with Crippen LogP contribution in [0.5, 0.6) is 0 Å². The highest BCUT2D eigenvalue weighted by Crippen LogP contribution is 2.39. The van der Waals surface area contributed by atoms with Crippen molar-refractivity contribution < 1.29 is 10.2 Å². The molecule has 1 aliphatic rings. The maximum Gasteiger partial charge on any atom is 0.0934 e. The van der Waals surface area contributed by atoms with Crippen molar-refractivity contribution in [3.05, 3.63) is 20.8 Å². The quantitative estimate of drug-likeness (QED) is 0.753. The molecule has 15 heavy (non-hydrogen) atoms. The molecule has 0 fully saturated rings. The topological polar surface area (TPSA) is 52.5 Å². The largest absolute Gasteiger partial charge is 0.395 e. The third kappa shape index (κ3) is 2.34. The maximum absolute atomic E-state index is 8.99. The molecule has 1 aromatic heterocycles. The second-order valence-electron chi connectivity index (χ2n) is 3.75. The standard InChI is InChI=1S/C10H14ClNO2S/c11-10-3-7-8(1-2-9(7)15-10)12-6(4-13)5-14/h3,6,8,12-14H,1-2,4-5H2. The average Bonchev–Trinajstić information content (AvgIpc) is 2.74. The van der Waals surface area contributed by atoms with Gasteiger partial charge in [-0.3, -0.25) is 0 Å². The lowest BCUT2D eigenvalue weighted by atomic mass is 10.1. The lowest BCUT2D eigenvalue weighted by Crippen LogP contribution is -2.37. The van der Waals surface area contributed by atoms with E-state index in [4.69, 9.17) is 21.8 Å². The van der Waals surface area contributed by atoms with Crippen molar-refractivity contribution in [2.24, 2.45) is 0 Å². The van der Waals surface area contributed by atoms with E-state index in [0.29, 0.717) is 0 Å². The van der Waals surface area contributed by atoms with Crippen LogP contribution in [0, 0.1) is 0 Å². The van der Waals surface area contributed by atoms with Crippen LogP contribution >= 0.6 is 22.9 Å². The minimum Gasteiger partial charge on any atom is -0.395 e. The summed E-state index contributed by atoms with van der Waals surface area (Å²) in [5.41, 5.74) is 1.23. The molecule has 1 atom stereocenters. The first-order valence-corrected chi connectivity index (χ1v) is 6.20. The predicted molar refractivity (Wildman–Crippen MR) is 61.5 cm³/mol. The van der Waals surface area contributed by atoms with Crippen molar-refractivity contribution in [3.63, 3.8) is 0 Å². The SMILES string of the molecule is OCC(CO)NC1CCc2sc(Cl)cc21. The molecule has 1 unspecified atom stereocenters. The Bertz CT molecular complexity index is 338. The molecule has 1 aliphatic carbocycles. The molecule has 3 nitrogen and oxygen atoms in total. The predicted octanol–water partition coefficient (Wildman–Crippen LogP) is 1.33. The molecule has 0 saturated carbocycles. The van der Waals surface area contributed by atoms with Crippen LogP contribution in [0.15, 0.2) is 6.07 Å². The zero-order valence-corrected chi connectivity index (χ0v) is 9.81. The van der Waals surface area contributed by atoms with Crippen LogP contribution < -0.4 is 5.32 Å². The summed E-state index contributed by atoms with van der Waals surface area (Å²) in [5, 5.41) is 21.2. The highest BCUT2D eigenvalue weighted by Gasteiger charge is 2.26. The van der Waals surface area contributed by atoms with Gasteiger partial charge in [0.2, 0.25) is 0 Å². The van der Waals surface area contributed by atoms with Crippen LogP contribution in [0.2, 0.25) is 4.34 Å². The number of aryl methyl sites for hydroxylation is 1. The summed E-state index contributed by atoms with van der Waals surface area (Å²) in [6.45, 7) is -0.0829. The van der Waals surface area contributed by atoms with Crippen molar-refractivity contribution in [3.8, 4) is 0 Å². The highest BCUT2D eigenvalue weighted by molar-refractivity contribution is 7.16. The van der Waals surface area contributed by atoms with Gasteiger partial charge in [-0.25, -0.2) is 0 Å². The van der Waals surface area contributed by atoms with E-state index < -0.39 is 0 Å². The summed E-state index contributed by atoms with van der Waals surface area (Å²) >= 11 is 7.56. The first-order valence-electron chi connectivity index (χ1n) is 5.00. The maximum atomic E-state index is 8.99. The number of aliphatic hydroxyl groups excluding tert-OH is 2. The van der Waals surface area contributed by atoms with E-state index in [-0.39, 0.29) is 25.3 Å². The van der Waals surface area contributed by atoms with Crippen LogP contribution in [0.1, 0.15) is 22.9 Å². The zero-order valence-electron chi connectivity index (χ0n) is 8.24. The van der Waals surface area contributed by atoms with Crippen molar-refractivity contribution in [2.45, 2.75) is 24.9 Å². The fourth-order valence-electron chi connectivity index (χ4n) is 1.95. The number of aliphatic hydroxyl groups is 2. The van der Waals surface area contributed by atoms with E-state index in [0.717, 1.165) is 17.2 Å². The number of thiophene rings is 1. The van der Waals surface area contributed by atoms with Crippen molar-refractivity contribution >= 4 is 22.9 Å². The Morgan fingerprint density at radius 1 is 1.53 bits per heavy atom. The average molecular weight is 248 g/mol. The molecule has 0 aromatic carbocycles. The third-order valence-corrected chi connectivity index (χ3v) is 4.06. The molecule has 3 N–H and O–H groups in total. The summed E-state index contributed by atoms with van der Waals surface area (Å²) in [6, 6.07) is 1.98. The van der Waals surface area contributed by atoms with E-state index in [1.165, 1.54) is 10.4 Å². The molecule has 0 amide bonds. The van der Waals surface area contributed by atoms with Gasteiger partial charge in [-0.2, -0.15) is 0 Å². The lowest BCUT2D eigenvalue weighted by Gasteiger charge is -2.19. The van der Waals surface area contributed by atoms with Gasteiger partial charge in [-0.05, 0) is 24.5 Å². The molecule has 0 aliphatic heterocycles. The fraction of sp³-hybridized carbons (Fsp3) is 0.600. The summed E-state index contributed by atoms with van der Waals surface area (Å²) in [5.74, 6) is 0. The van der Waals surface area contributed by atoms with Gasteiger partial charge in [0.1, 0.15) is 0 Å². The molecule has 84 valence electrons. The van der Waals surface area contributed by atoms with E-state index in [1.807, 2.05) is 6.07 Å². The summed E-state index contributed by atoms with van der Waals surface area (Å²) in [6.07, 6.45) is 2.06. The first kappa shape index (κ1) is 11.4. The number of nitrogens with one attached hydrogen (secondary N) is 1. The van der Waals surface area contributed by atoms with Crippen molar-refractivity contribution in [1.29, 1.82) is 0 Å². The number of halogens is 1. The molecule has 2 rings (SSSR count). The number of rotatable bonds is 4. The second-order valence-corrected chi connectivity index (χ2v) is 5.52. The molecule has 1 heterocycles. The van der Waals surface area contributed by atoms with E-state index in [1.54, 1.807) is 11.3 Å². The van der Waals surface area contributed by atoms with Crippen molar-refractivity contribution in [2.75, 3.05) is 13.2 Å². The molecular formula is C10H14ClNO2S. The monoisotopic (exact) mass is 247 g/mol. The van der Waals surface area contributed by atoms with Crippen LogP contribution in [0.4, 0.5) is 0 Å². The summed E-state index contributed by atoms with van der Waals surface area (Å²) in [7, 11) is 0. The molecule has 0 bridgehead atoms. The minimum atomic E-state index is -0.236. The van der Waals surface area contributed by atoms with E-state index in [9.17, 15) is 0 Å². The Morgan fingerprint density at radius 3 is 2.93 bits per heavy atom. The van der Waals surface area contributed by atoms with Gasteiger partial charge in [0.05, 0.1) is 23.6 Å². The zero-order chi connectivity index (χ0) is 10.8. The fourth-order valence-corrected chi connectivity index (χ4v) is 3.31. The number of hydrogen-bond donors (Lipinski definition) is 3. The van der Waals surface area contributed by atoms with Crippen LogP contribution in [-0.2, 0) is 6.42 Å². The van der Waals surface area contributed by atoms with Crippen LogP contribution in [0.3, 0.4) is 0 Å². The van der Waals surface area contributed by atoms with Crippen LogP contribution in [0.25, 0.3) is 0 Å². The van der Waals surface area contributed by atoms with Gasteiger partial charge >= 0.3 is 0 Å². The normalized spacial score (nSPS) is 19.9. The van der Waals surface area contributed by atoms with E-state index in [2.05, 4.69) is 5.32 Å². The Kier molecular flexibility index (Phi) is 3.64. The molecule has 0 radical (unpaired) electrons. The summed E-state index contributed by atoms with van der Waals surface area (Å²) < 4.78 is 0.816. The Labute approximate surface area is 97.7 Å². The number of hydrogen-bond acceptors (Lipinski definition) is 4. The minimum absolute atomic E-state index is 0.0415. The first-order chi connectivity index (χ1) is 7.24. The molecule has 1 aromatic rings. The highest BCUT2D eigenvalue weighted by atomic mass is 35.5. The van der Waals surface area contributed by atoms with Gasteiger partial charge < -0.3 is 15.5 Å². The smallest absolute Gasteiger partial charge is 0.0934 e. The Morgan fingerprint density at radius 2 is 2.27 bits per heavy atom. The van der Waals surface area contributed by atoms with Gasteiger partial charge in [-0.15, -0.1) is 11.3 Å². The molecule has 0 spiro atoms. The van der Waals surface area contributed by atoms with Gasteiger partial charge in [-0.1, -0.05) is 11.6 Å². The molecule has 0 saturated heterocycles. The van der Waals surface area contributed by atoms with Gasteiger partial charge in [0.25, 0.3) is 0 Å². The Balaban J connectivity index is 2.06. The van der Waals surface area contributed by atoms with Crippen LogP contribution in [-0.4, -0.2) is 29.5 Å². The third-order valence-electron chi connectivity index (χ3n) is 2.72. The van der Waals surface area contributed by atoms with E-state index >= 15 is 0 Å². The molecular weight excluding hydrogens is 234 g/mol. The number of fused-ring (bicyclic) bond motifs is 1. The summed E-state index contributed by atoms with van der Waals surface area (Å²) in [4.78, 5) is 1.33. The Hall–Kier alpha value is -0.130. The molecule has 5 heteroatoms.